The lowest BCUT2D eigenvalue weighted by Crippen LogP contribution is -2.60. The minimum Gasteiger partial charge on any atom is -0.394 e. The summed E-state index contributed by atoms with van der Waals surface area (Å²) in [5, 5.41) is 54.5. The number of aliphatic hydroxyl groups is 5. The quantitative estimate of drug-likeness (QED) is 0.0262. The van der Waals surface area contributed by atoms with E-state index in [1.165, 1.54) is 103 Å². The fourth-order valence-electron chi connectivity index (χ4n) is 8.01. The van der Waals surface area contributed by atoms with E-state index in [0.29, 0.717) is 12.8 Å². The predicted molar refractivity (Wildman–Crippen MR) is 262 cm³/mol. The van der Waals surface area contributed by atoms with Crippen LogP contribution in [-0.2, 0) is 14.3 Å². The predicted octanol–water partition coefficient (Wildman–Crippen LogP) is 12.0. The number of rotatable bonds is 43. The number of nitrogens with one attached hydrogen (secondary N) is 1. The van der Waals surface area contributed by atoms with E-state index in [1.807, 2.05) is 0 Å². The first kappa shape index (κ1) is 58.9. The Balaban J connectivity index is 2.29. The van der Waals surface area contributed by atoms with Crippen molar-refractivity contribution in [1.82, 2.24) is 5.32 Å². The Hall–Kier alpha value is -2.11. The second-order valence-corrected chi connectivity index (χ2v) is 17.9. The van der Waals surface area contributed by atoms with Crippen molar-refractivity contribution in [3.05, 3.63) is 60.8 Å². The van der Waals surface area contributed by atoms with Gasteiger partial charge in [-0.05, 0) is 57.8 Å². The van der Waals surface area contributed by atoms with Crippen molar-refractivity contribution in [2.75, 3.05) is 13.2 Å². The number of carbonyl (C=O) groups excluding carboxylic acids is 1. The van der Waals surface area contributed by atoms with Crippen molar-refractivity contribution in [2.24, 2.45) is 0 Å². The lowest BCUT2D eigenvalue weighted by molar-refractivity contribution is -0.302. The first-order valence-electron chi connectivity index (χ1n) is 26.0. The third-order valence-electron chi connectivity index (χ3n) is 12.1. The molecule has 0 radical (unpaired) electrons. The maximum absolute atomic E-state index is 13.0. The average Bonchev–Trinajstić information content (AvgIpc) is 3.28. The highest BCUT2D eigenvalue weighted by Gasteiger charge is 2.44. The molecule has 366 valence electrons. The molecule has 0 aromatic carbocycles. The lowest BCUT2D eigenvalue weighted by Gasteiger charge is -2.40. The summed E-state index contributed by atoms with van der Waals surface area (Å²) in [6.45, 7) is 3.72. The molecule has 0 saturated carbocycles. The van der Waals surface area contributed by atoms with Gasteiger partial charge >= 0.3 is 0 Å². The molecule has 1 heterocycles. The summed E-state index contributed by atoms with van der Waals surface area (Å²) in [7, 11) is 0. The maximum Gasteiger partial charge on any atom is 0.220 e. The van der Waals surface area contributed by atoms with Gasteiger partial charge in [0.05, 0.1) is 25.4 Å². The summed E-state index contributed by atoms with van der Waals surface area (Å²) < 4.78 is 11.3. The Kier molecular flexibility index (Phi) is 40.9. The van der Waals surface area contributed by atoms with E-state index in [0.717, 1.165) is 89.9 Å². The molecule has 1 aliphatic rings. The minimum absolute atomic E-state index is 0.148. The Morgan fingerprint density at radius 1 is 0.556 bits per heavy atom. The van der Waals surface area contributed by atoms with E-state index in [2.05, 4.69) is 79.9 Å². The van der Waals surface area contributed by atoms with Crippen LogP contribution >= 0.6 is 0 Å². The topological polar surface area (TPSA) is 149 Å². The Morgan fingerprint density at radius 3 is 1.46 bits per heavy atom. The van der Waals surface area contributed by atoms with Gasteiger partial charge in [0.2, 0.25) is 5.91 Å². The van der Waals surface area contributed by atoms with Gasteiger partial charge in [-0.15, -0.1) is 0 Å². The van der Waals surface area contributed by atoms with Gasteiger partial charge in [-0.2, -0.15) is 0 Å². The summed E-state index contributed by atoms with van der Waals surface area (Å²) in [6.07, 6.45) is 50.8. The van der Waals surface area contributed by atoms with Crippen LogP contribution < -0.4 is 5.32 Å². The van der Waals surface area contributed by atoms with E-state index >= 15 is 0 Å². The monoisotopic (exact) mass is 888 g/mol. The maximum atomic E-state index is 13.0. The van der Waals surface area contributed by atoms with Crippen molar-refractivity contribution < 1.29 is 39.8 Å². The van der Waals surface area contributed by atoms with Crippen molar-refractivity contribution in [3.63, 3.8) is 0 Å². The van der Waals surface area contributed by atoms with E-state index in [9.17, 15) is 30.3 Å². The molecule has 0 aromatic rings. The molecule has 1 aliphatic heterocycles. The van der Waals surface area contributed by atoms with Crippen LogP contribution in [-0.4, -0.2) is 87.5 Å². The highest BCUT2D eigenvalue weighted by molar-refractivity contribution is 5.76. The molecular weight excluding hydrogens is 791 g/mol. The first-order valence-corrected chi connectivity index (χ1v) is 26.0. The molecule has 1 saturated heterocycles. The molecule has 9 nitrogen and oxygen atoms in total. The van der Waals surface area contributed by atoms with Gasteiger partial charge < -0.3 is 40.3 Å². The molecule has 0 aliphatic carbocycles. The highest BCUT2D eigenvalue weighted by Crippen LogP contribution is 2.23. The molecule has 0 bridgehead atoms. The van der Waals surface area contributed by atoms with Crippen LogP contribution in [0.5, 0.6) is 0 Å². The Morgan fingerprint density at radius 2 is 0.984 bits per heavy atom. The van der Waals surface area contributed by atoms with Crippen LogP contribution in [0.4, 0.5) is 0 Å². The molecule has 7 unspecified atom stereocenters. The van der Waals surface area contributed by atoms with Crippen LogP contribution in [0.1, 0.15) is 219 Å². The van der Waals surface area contributed by atoms with Gasteiger partial charge in [-0.25, -0.2) is 0 Å². The zero-order valence-corrected chi connectivity index (χ0v) is 40.3. The summed E-state index contributed by atoms with van der Waals surface area (Å²) in [4.78, 5) is 13.0. The smallest absolute Gasteiger partial charge is 0.220 e. The van der Waals surface area contributed by atoms with Gasteiger partial charge in [-0.3, -0.25) is 4.79 Å². The van der Waals surface area contributed by atoms with Crippen molar-refractivity contribution in [1.29, 1.82) is 0 Å². The fourth-order valence-corrected chi connectivity index (χ4v) is 8.01. The second-order valence-electron chi connectivity index (χ2n) is 17.9. The molecule has 1 rings (SSSR count). The van der Waals surface area contributed by atoms with E-state index in [4.69, 9.17) is 9.47 Å². The normalized spacial score (nSPS) is 20.7. The number of allylic oxidation sites excluding steroid dienone is 10. The number of ether oxygens (including phenoxy) is 2. The van der Waals surface area contributed by atoms with Crippen molar-refractivity contribution in [2.45, 2.75) is 262 Å². The first-order chi connectivity index (χ1) is 30.8. The Labute approximate surface area is 386 Å². The van der Waals surface area contributed by atoms with Gasteiger partial charge in [0, 0.05) is 6.42 Å². The molecule has 0 aromatic heterocycles. The lowest BCUT2D eigenvalue weighted by atomic mass is 9.99. The van der Waals surface area contributed by atoms with Crippen molar-refractivity contribution in [3.8, 4) is 0 Å². The zero-order chi connectivity index (χ0) is 45.9. The number of carbonyl (C=O) groups is 1. The van der Waals surface area contributed by atoms with Crippen LogP contribution in [0.3, 0.4) is 0 Å². The van der Waals surface area contributed by atoms with Gasteiger partial charge in [0.1, 0.15) is 24.4 Å². The van der Waals surface area contributed by atoms with E-state index in [1.54, 1.807) is 0 Å². The third kappa shape index (κ3) is 33.9. The molecular formula is C54H97NO8. The van der Waals surface area contributed by atoms with Crippen LogP contribution in [0.25, 0.3) is 0 Å². The van der Waals surface area contributed by atoms with Crippen LogP contribution in [0, 0.1) is 0 Å². The molecule has 6 N–H and O–H groups in total. The van der Waals surface area contributed by atoms with Crippen LogP contribution in [0.2, 0.25) is 0 Å². The van der Waals surface area contributed by atoms with Gasteiger partial charge in [0.15, 0.2) is 6.29 Å². The van der Waals surface area contributed by atoms with Gasteiger partial charge in [0.25, 0.3) is 0 Å². The number of hydrogen-bond donors (Lipinski definition) is 6. The summed E-state index contributed by atoms with van der Waals surface area (Å²) in [5.74, 6) is -0.164. The number of hydrogen-bond acceptors (Lipinski definition) is 8. The molecule has 1 fully saturated rings. The number of aliphatic hydroxyl groups excluding tert-OH is 5. The van der Waals surface area contributed by atoms with Crippen molar-refractivity contribution >= 4 is 5.91 Å². The summed E-state index contributed by atoms with van der Waals surface area (Å²) in [6, 6.07) is -0.733. The summed E-state index contributed by atoms with van der Waals surface area (Å²) in [5.41, 5.74) is 0. The molecule has 7 atom stereocenters. The fraction of sp³-hybridized carbons (Fsp3) is 0.796. The zero-order valence-electron chi connectivity index (χ0n) is 40.3. The van der Waals surface area contributed by atoms with Crippen LogP contribution in [0.15, 0.2) is 60.8 Å². The third-order valence-corrected chi connectivity index (χ3v) is 12.1. The second kappa shape index (κ2) is 43.8. The number of unbranched alkanes of at least 4 members (excludes halogenated alkanes) is 23. The summed E-state index contributed by atoms with van der Waals surface area (Å²) >= 11 is 0. The standard InChI is InChI=1S/C54H97NO8/c1-3-5-7-9-11-13-15-17-19-21-23-24-26-28-30-32-34-36-38-40-42-44-50(58)55-47(46-62-54-53(61)52(60)51(59)49(45-56)63-54)48(57)43-41-39-37-35-33-31-29-27-25-22-20-18-16-14-12-10-8-6-4-2/h5,7,11,13,17,19,23-24,28,30,47-49,51-54,56-57,59-61H,3-4,6,8-10,12,14-16,18,20-22,25-27,29,31-46H2,1-2H3,(H,55,58)/b7-5-,13-11-,19-17-,24-23-,30-28-. The SMILES string of the molecule is CC/C=C\C/C=C\C/C=C\C/C=C\C/C=C\CCCCCCCC(=O)NC(COC1OC(CO)C(O)C(O)C1O)C(O)CCCCCCCCCCCCCCCCCCCCC. The Bertz CT molecular complexity index is 1170. The van der Waals surface area contributed by atoms with E-state index in [-0.39, 0.29) is 12.5 Å². The minimum atomic E-state index is -1.56. The van der Waals surface area contributed by atoms with Gasteiger partial charge in [-0.1, -0.05) is 216 Å². The molecule has 0 spiro atoms. The highest BCUT2D eigenvalue weighted by atomic mass is 16.7. The largest absolute Gasteiger partial charge is 0.394 e. The average molecular weight is 888 g/mol. The number of amides is 1. The molecule has 9 heteroatoms. The van der Waals surface area contributed by atoms with E-state index < -0.39 is 49.5 Å². The molecule has 1 amide bonds. The molecule has 63 heavy (non-hydrogen) atoms.